The van der Waals surface area contributed by atoms with E-state index in [2.05, 4.69) is 15.6 Å². The minimum absolute atomic E-state index is 0.292. The third kappa shape index (κ3) is 3.94. The van der Waals surface area contributed by atoms with Gasteiger partial charge in [-0.2, -0.15) is 0 Å². The summed E-state index contributed by atoms with van der Waals surface area (Å²) in [6.45, 7) is 3.58. The Balaban J connectivity index is 1.76. The second kappa shape index (κ2) is 5.93. The fourth-order valence-electron chi connectivity index (χ4n) is 1.79. The molecule has 0 amide bonds. The quantitative estimate of drug-likeness (QED) is 0.803. The monoisotopic (exact) mass is 251 g/mol. The van der Waals surface area contributed by atoms with Crippen molar-refractivity contribution in [3.63, 3.8) is 0 Å². The van der Waals surface area contributed by atoms with Crippen LogP contribution in [0.15, 0.2) is 18.2 Å². The lowest BCUT2D eigenvalue weighted by molar-refractivity contribution is 0.114. The van der Waals surface area contributed by atoms with E-state index >= 15 is 0 Å². The van der Waals surface area contributed by atoms with Gasteiger partial charge in [0, 0.05) is 18.8 Å². The molecule has 1 saturated heterocycles. The molecule has 1 aliphatic rings. The van der Waals surface area contributed by atoms with Crippen LogP contribution < -0.4 is 10.6 Å². The van der Waals surface area contributed by atoms with Crippen molar-refractivity contribution in [2.45, 2.75) is 25.9 Å². The van der Waals surface area contributed by atoms with Gasteiger partial charge in [0.1, 0.15) is 5.82 Å². The van der Waals surface area contributed by atoms with Crippen molar-refractivity contribution in [3.8, 4) is 0 Å². The van der Waals surface area contributed by atoms with Crippen molar-refractivity contribution in [3.05, 3.63) is 23.9 Å². The van der Waals surface area contributed by atoms with Crippen LogP contribution in [-0.4, -0.2) is 29.4 Å². The van der Waals surface area contributed by atoms with Crippen LogP contribution in [0.2, 0.25) is 0 Å². The van der Waals surface area contributed by atoms with Crippen molar-refractivity contribution in [2.24, 2.45) is 0 Å². The zero-order valence-corrected chi connectivity index (χ0v) is 10.7. The minimum Gasteiger partial charge on any atom is -0.376 e. The smallest absolute Gasteiger partial charge is 0.172 e. The van der Waals surface area contributed by atoms with E-state index in [1.54, 1.807) is 0 Å². The number of nitrogens with zero attached hydrogens (tertiary/aromatic N) is 1. The summed E-state index contributed by atoms with van der Waals surface area (Å²) in [6, 6.07) is 5.80. The number of ether oxygens (including phenoxy) is 1. The Morgan fingerprint density at radius 1 is 1.59 bits per heavy atom. The number of aromatic nitrogens is 1. The molecule has 92 valence electrons. The highest BCUT2D eigenvalue weighted by molar-refractivity contribution is 7.80. The van der Waals surface area contributed by atoms with Gasteiger partial charge in [0.2, 0.25) is 0 Å². The van der Waals surface area contributed by atoms with Crippen molar-refractivity contribution in [1.29, 1.82) is 0 Å². The summed E-state index contributed by atoms with van der Waals surface area (Å²) < 4.78 is 5.51. The highest BCUT2D eigenvalue weighted by atomic mass is 32.1. The Hall–Kier alpha value is -1.20. The number of anilines is 1. The molecule has 1 atom stereocenters. The van der Waals surface area contributed by atoms with Crippen LogP contribution >= 0.6 is 12.2 Å². The molecule has 0 bridgehead atoms. The highest BCUT2D eigenvalue weighted by Gasteiger charge is 2.15. The molecule has 1 aromatic rings. The average molecular weight is 251 g/mol. The number of hydrogen-bond donors (Lipinski definition) is 2. The summed E-state index contributed by atoms with van der Waals surface area (Å²) in [7, 11) is 0. The van der Waals surface area contributed by atoms with Gasteiger partial charge >= 0.3 is 0 Å². The topological polar surface area (TPSA) is 46.2 Å². The molecule has 2 N–H and O–H groups in total. The number of thiocarbonyl (C=S) groups is 1. The summed E-state index contributed by atoms with van der Waals surface area (Å²) in [6.07, 6.45) is 2.55. The Kier molecular flexibility index (Phi) is 4.28. The van der Waals surface area contributed by atoms with Crippen LogP contribution in [0.1, 0.15) is 18.5 Å². The molecule has 1 aromatic heterocycles. The first-order valence-corrected chi connectivity index (χ1v) is 6.25. The maximum atomic E-state index is 5.51. The van der Waals surface area contributed by atoms with Crippen molar-refractivity contribution in [2.75, 3.05) is 18.5 Å². The largest absolute Gasteiger partial charge is 0.376 e. The molecule has 2 rings (SSSR count). The van der Waals surface area contributed by atoms with Gasteiger partial charge in [-0.1, -0.05) is 6.07 Å². The van der Waals surface area contributed by atoms with Gasteiger partial charge in [0.05, 0.1) is 6.10 Å². The molecule has 4 nitrogen and oxygen atoms in total. The predicted molar refractivity (Wildman–Crippen MR) is 72.2 cm³/mol. The molecule has 1 aliphatic heterocycles. The molecular weight excluding hydrogens is 234 g/mol. The van der Waals surface area contributed by atoms with E-state index in [1.807, 2.05) is 25.1 Å². The van der Waals surface area contributed by atoms with Gasteiger partial charge < -0.3 is 15.4 Å². The number of nitrogens with one attached hydrogen (secondary N) is 2. The lowest BCUT2D eigenvalue weighted by atomic mass is 10.2. The summed E-state index contributed by atoms with van der Waals surface area (Å²) in [4.78, 5) is 4.32. The van der Waals surface area contributed by atoms with Gasteiger partial charge in [-0.25, -0.2) is 4.98 Å². The molecule has 2 heterocycles. The Morgan fingerprint density at radius 2 is 2.47 bits per heavy atom. The first kappa shape index (κ1) is 12.3. The molecule has 0 radical (unpaired) electrons. The zero-order valence-electron chi connectivity index (χ0n) is 9.90. The molecule has 0 spiro atoms. The molecule has 0 aromatic carbocycles. The van der Waals surface area contributed by atoms with E-state index in [1.165, 1.54) is 0 Å². The molecule has 5 heteroatoms. The minimum atomic E-state index is 0.292. The van der Waals surface area contributed by atoms with Crippen LogP contribution in [0, 0.1) is 6.92 Å². The SMILES string of the molecule is Cc1cccc(NC(=S)NCC2CCCO2)n1. The second-order valence-corrected chi connectivity index (χ2v) is 4.54. The summed E-state index contributed by atoms with van der Waals surface area (Å²) in [5, 5.41) is 6.80. The molecule has 1 fully saturated rings. The molecular formula is C12H17N3OS. The summed E-state index contributed by atoms with van der Waals surface area (Å²) in [5.41, 5.74) is 0.969. The maximum absolute atomic E-state index is 5.51. The molecule has 0 saturated carbocycles. The van der Waals surface area contributed by atoms with Crippen LogP contribution in [-0.2, 0) is 4.74 Å². The van der Waals surface area contributed by atoms with E-state index in [9.17, 15) is 0 Å². The predicted octanol–water partition coefficient (Wildman–Crippen LogP) is 1.86. The van der Waals surface area contributed by atoms with Crippen LogP contribution in [0.5, 0.6) is 0 Å². The molecule has 17 heavy (non-hydrogen) atoms. The van der Waals surface area contributed by atoms with Crippen molar-refractivity contribution >= 4 is 23.1 Å². The first-order chi connectivity index (χ1) is 8.24. The lowest BCUT2D eigenvalue weighted by Gasteiger charge is -2.13. The van der Waals surface area contributed by atoms with E-state index < -0.39 is 0 Å². The maximum Gasteiger partial charge on any atom is 0.172 e. The Labute approximate surface area is 107 Å². The Morgan fingerprint density at radius 3 is 3.18 bits per heavy atom. The highest BCUT2D eigenvalue weighted by Crippen LogP contribution is 2.10. The second-order valence-electron chi connectivity index (χ2n) is 4.13. The molecule has 0 aliphatic carbocycles. The summed E-state index contributed by atoms with van der Waals surface area (Å²) in [5.74, 6) is 0.773. The zero-order chi connectivity index (χ0) is 12.1. The van der Waals surface area contributed by atoms with E-state index in [4.69, 9.17) is 17.0 Å². The van der Waals surface area contributed by atoms with Crippen LogP contribution in [0.4, 0.5) is 5.82 Å². The third-order valence-electron chi connectivity index (χ3n) is 2.64. The standard InChI is InChI=1S/C12H17N3OS/c1-9-4-2-6-11(14-9)15-12(17)13-8-10-5-3-7-16-10/h2,4,6,10H,3,5,7-8H2,1H3,(H2,13,14,15,17). The van der Waals surface area contributed by atoms with Crippen molar-refractivity contribution in [1.82, 2.24) is 10.3 Å². The number of pyridine rings is 1. The van der Waals surface area contributed by atoms with Gasteiger partial charge in [-0.3, -0.25) is 0 Å². The first-order valence-electron chi connectivity index (χ1n) is 5.84. The third-order valence-corrected chi connectivity index (χ3v) is 2.89. The van der Waals surface area contributed by atoms with E-state index in [-0.39, 0.29) is 0 Å². The van der Waals surface area contributed by atoms with Crippen molar-refractivity contribution < 1.29 is 4.74 Å². The van der Waals surface area contributed by atoms with E-state index in [0.717, 1.165) is 37.5 Å². The lowest BCUT2D eigenvalue weighted by Crippen LogP contribution is -2.35. The number of hydrogen-bond acceptors (Lipinski definition) is 3. The van der Waals surface area contributed by atoms with Gasteiger partial charge in [-0.15, -0.1) is 0 Å². The van der Waals surface area contributed by atoms with Gasteiger partial charge in [0.25, 0.3) is 0 Å². The average Bonchev–Trinajstić information content (AvgIpc) is 2.79. The van der Waals surface area contributed by atoms with Crippen LogP contribution in [0.3, 0.4) is 0 Å². The van der Waals surface area contributed by atoms with E-state index in [0.29, 0.717) is 11.2 Å². The number of aryl methyl sites for hydroxylation is 1. The number of rotatable bonds is 3. The Bertz CT molecular complexity index is 391. The normalized spacial score (nSPS) is 19.0. The van der Waals surface area contributed by atoms with Gasteiger partial charge in [-0.05, 0) is 44.1 Å². The van der Waals surface area contributed by atoms with Gasteiger partial charge in [0.15, 0.2) is 5.11 Å². The molecule has 1 unspecified atom stereocenters. The fourth-order valence-corrected chi connectivity index (χ4v) is 1.97. The van der Waals surface area contributed by atoms with Crippen LogP contribution in [0.25, 0.3) is 0 Å². The summed E-state index contributed by atoms with van der Waals surface area (Å²) >= 11 is 5.20. The fraction of sp³-hybridized carbons (Fsp3) is 0.500.